The Morgan fingerprint density at radius 1 is 0.741 bits per heavy atom. The molecule has 0 aliphatic rings. The van der Waals surface area contributed by atoms with Crippen LogP contribution in [0, 0.1) is 11.6 Å². The van der Waals surface area contributed by atoms with E-state index in [2.05, 4.69) is 0 Å². The number of rotatable bonds is 5. The van der Waals surface area contributed by atoms with Gasteiger partial charge in [-0.2, -0.15) is 0 Å². The number of hydrogen-bond acceptors (Lipinski definition) is 5. The minimum Gasteiger partial charge on any atom is -0.478 e. The predicted molar refractivity (Wildman–Crippen MR) is 95.2 cm³/mol. The molecule has 3 aromatic carbocycles. The molecule has 27 heavy (non-hydrogen) atoms. The molecule has 3 rings (SSSR count). The van der Waals surface area contributed by atoms with Crippen LogP contribution in [0.15, 0.2) is 54.6 Å². The zero-order valence-electron chi connectivity index (χ0n) is 13.8. The Balaban J connectivity index is 1.93. The van der Waals surface area contributed by atoms with E-state index in [9.17, 15) is 18.7 Å². The summed E-state index contributed by atoms with van der Waals surface area (Å²) in [4.78, 5) is 11.3. The van der Waals surface area contributed by atoms with E-state index in [1.165, 1.54) is 42.5 Å². The van der Waals surface area contributed by atoms with E-state index < -0.39 is 17.6 Å². The fraction of sp³-hybridized carbons (Fsp3) is 0. The Morgan fingerprint density at radius 3 is 1.56 bits per heavy atom. The summed E-state index contributed by atoms with van der Waals surface area (Å²) in [5.74, 6) is -2.15. The summed E-state index contributed by atoms with van der Waals surface area (Å²) >= 11 is 0. The predicted octanol–water partition coefficient (Wildman–Crippen LogP) is 4.41. The summed E-state index contributed by atoms with van der Waals surface area (Å²) in [6.07, 6.45) is 0. The largest absolute Gasteiger partial charge is 0.478 e. The lowest BCUT2D eigenvalue weighted by Gasteiger charge is -2.11. The van der Waals surface area contributed by atoms with Gasteiger partial charge >= 0.3 is 5.97 Å². The molecule has 3 aromatic rings. The molecule has 0 spiro atoms. The summed E-state index contributed by atoms with van der Waals surface area (Å²) < 4.78 is 38.1. The molecule has 6 nitrogen and oxygen atoms in total. The van der Waals surface area contributed by atoms with Crippen LogP contribution in [0.5, 0.6) is 23.0 Å². The third-order valence-corrected chi connectivity index (χ3v) is 3.54. The third kappa shape index (κ3) is 4.24. The van der Waals surface area contributed by atoms with Crippen molar-refractivity contribution < 1.29 is 28.2 Å². The number of nitrogens with two attached hydrogens (primary N) is 2. The van der Waals surface area contributed by atoms with Gasteiger partial charge in [-0.15, -0.1) is 0 Å². The summed E-state index contributed by atoms with van der Waals surface area (Å²) in [5.41, 5.74) is 10.6. The Bertz CT molecular complexity index is 953. The van der Waals surface area contributed by atoms with Crippen molar-refractivity contribution in [3.63, 3.8) is 0 Å². The molecule has 0 saturated carbocycles. The minimum atomic E-state index is -1.22. The van der Waals surface area contributed by atoms with Gasteiger partial charge in [-0.3, -0.25) is 0 Å². The fourth-order valence-electron chi connectivity index (χ4n) is 2.23. The van der Waals surface area contributed by atoms with Gasteiger partial charge in [0, 0.05) is 18.2 Å². The van der Waals surface area contributed by atoms with Crippen LogP contribution < -0.4 is 20.9 Å². The molecule has 0 amide bonds. The van der Waals surface area contributed by atoms with Crippen LogP contribution in [-0.4, -0.2) is 11.1 Å². The average Bonchev–Trinajstić information content (AvgIpc) is 2.61. The topological polar surface area (TPSA) is 108 Å². The van der Waals surface area contributed by atoms with Crippen molar-refractivity contribution in [2.24, 2.45) is 0 Å². The first-order valence-corrected chi connectivity index (χ1v) is 7.66. The van der Waals surface area contributed by atoms with Crippen LogP contribution in [0.2, 0.25) is 0 Å². The lowest BCUT2D eigenvalue weighted by molar-refractivity contribution is 0.0696. The smallest absolute Gasteiger partial charge is 0.335 e. The maximum absolute atomic E-state index is 13.6. The van der Waals surface area contributed by atoms with Crippen molar-refractivity contribution in [2.45, 2.75) is 0 Å². The molecule has 0 aromatic heterocycles. The number of nitrogen functional groups attached to an aromatic ring is 2. The second-order valence-electron chi connectivity index (χ2n) is 5.57. The standard InChI is InChI=1S/C19H14F2N2O4/c20-15-8-11(1-3-17(15)22)26-13-5-10(19(24)25)6-14(7-13)27-12-2-4-18(23)16(21)9-12/h1-9H,22-23H2,(H,24,25). The molecule has 0 heterocycles. The van der Waals surface area contributed by atoms with Crippen LogP contribution in [0.4, 0.5) is 20.2 Å². The zero-order chi connectivity index (χ0) is 19.6. The maximum Gasteiger partial charge on any atom is 0.335 e. The highest BCUT2D eigenvalue weighted by atomic mass is 19.1. The van der Waals surface area contributed by atoms with Crippen molar-refractivity contribution in [3.05, 3.63) is 71.8 Å². The number of anilines is 2. The molecule has 5 N–H and O–H groups in total. The number of carbonyl (C=O) groups is 1. The Hall–Kier alpha value is -3.81. The van der Waals surface area contributed by atoms with Crippen LogP contribution in [-0.2, 0) is 0 Å². The molecule has 0 aliphatic carbocycles. The van der Waals surface area contributed by atoms with Crippen LogP contribution in [0.3, 0.4) is 0 Å². The third-order valence-electron chi connectivity index (χ3n) is 3.54. The molecule has 8 heteroatoms. The SMILES string of the molecule is Nc1ccc(Oc2cc(Oc3ccc(N)c(F)c3)cc(C(=O)O)c2)cc1F. The van der Waals surface area contributed by atoms with E-state index in [1.807, 2.05) is 0 Å². The van der Waals surface area contributed by atoms with Crippen molar-refractivity contribution in [1.29, 1.82) is 0 Å². The molecule has 0 saturated heterocycles. The normalized spacial score (nSPS) is 10.4. The molecular formula is C19H14F2N2O4. The second kappa shape index (κ2) is 7.20. The van der Waals surface area contributed by atoms with Gasteiger partial charge in [-0.25, -0.2) is 13.6 Å². The number of aromatic carboxylic acids is 1. The highest BCUT2D eigenvalue weighted by molar-refractivity contribution is 5.88. The van der Waals surface area contributed by atoms with E-state index in [0.29, 0.717) is 0 Å². The number of carboxylic acid groups (broad SMARTS) is 1. The molecule has 0 unspecified atom stereocenters. The first-order valence-electron chi connectivity index (χ1n) is 7.66. The molecule has 0 radical (unpaired) electrons. The minimum absolute atomic E-state index is 0.0453. The Labute approximate surface area is 152 Å². The lowest BCUT2D eigenvalue weighted by atomic mass is 10.2. The number of ether oxygens (including phenoxy) is 2. The average molecular weight is 372 g/mol. The van der Waals surface area contributed by atoms with Gasteiger partial charge in [0.05, 0.1) is 16.9 Å². The Kier molecular flexibility index (Phi) is 4.80. The van der Waals surface area contributed by atoms with Crippen molar-refractivity contribution in [2.75, 3.05) is 11.5 Å². The highest BCUT2D eigenvalue weighted by Gasteiger charge is 2.12. The van der Waals surface area contributed by atoms with Crippen LogP contribution in [0.25, 0.3) is 0 Å². The van der Waals surface area contributed by atoms with Gasteiger partial charge in [0.15, 0.2) is 0 Å². The number of carboxylic acids is 1. The molecule has 0 atom stereocenters. The van der Waals surface area contributed by atoms with E-state index in [-0.39, 0.29) is 39.9 Å². The quantitative estimate of drug-likeness (QED) is 0.573. The highest BCUT2D eigenvalue weighted by Crippen LogP contribution is 2.32. The van der Waals surface area contributed by atoms with E-state index in [1.54, 1.807) is 0 Å². The molecule has 0 bridgehead atoms. The monoisotopic (exact) mass is 372 g/mol. The van der Waals surface area contributed by atoms with E-state index in [4.69, 9.17) is 20.9 Å². The number of halogens is 2. The van der Waals surface area contributed by atoms with Crippen LogP contribution in [0.1, 0.15) is 10.4 Å². The van der Waals surface area contributed by atoms with Gasteiger partial charge < -0.3 is 26.0 Å². The zero-order valence-corrected chi connectivity index (χ0v) is 13.8. The molecule has 138 valence electrons. The van der Waals surface area contributed by atoms with E-state index >= 15 is 0 Å². The molecular weight excluding hydrogens is 358 g/mol. The second-order valence-corrected chi connectivity index (χ2v) is 5.57. The van der Waals surface area contributed by atoms with Crippen molar-refractivity contribution in [1.82, 2.24) is 0 Å². The van der Waals surface area contributed by atoms with Gasteiger partial charge in [-0.1, -0.05) is 0 Å². The van der Waals surface area contributed by atoms with Gasteiger partial charge in [0.25, 0.3) is 0 Å². The summed E-state index contributed by atoms with van der Waals surface area (Å²) in [6.45, 7) is 0. The number of hydrogen-bond donors (Lipinski definition) is 3. The summed E-state index contributed by atoms with van der Waals surface area (Å²) in [5, 5.41) is 9.26. The molecule has 0 aliphatic heterocycles. The van der Waals surface area contributed by atoms with Gasteiger partial charge in [-0.05, 0) is 36.4 Å². The van der Waals surface area contributed by atoms with Crippen LogP contribution >= 0.6 is 0 Å². The maximum atomic E-state index is 13.6. The lowest BCUT2D eigenvalue weighted by Crippen LogP contribution is -1.99. The molecule has 0 fully saturated rings. The Morgan fingerprint density at radius 2 is 1.19 bits per heavy atom. The summed E-state index contributed by atoms with van der Waals surface area (Å²) in [6, 6.07) is 11.5. The van der Waals surface area contributed by atoms with Crippen molar-refractivity contribution >= 4 is 17.3 Å². The number of benzene rings is 3. The van der Waals surface area contributed by atoms with Crippen molar-refractivity contribution in [3.8, 4) is 23.0 Å². The first-order chi connectivity index (χ1) is 12.8. The van der Waals surface area contributed by atoms with Gasteiger partial charge in [0.2, 0.25) is 0 Å². The fourth-order valence-corrected chi connectivity index (χ4v) is 2.23. The first kappa shape index (κ1) is 18.0. The van der Waals surface area contributed by atoms with E-state index in [0.717, 1.165) is 12.1 Å². The summed E-state index contributed by atoms with van der Waals surface area (Å²) in [7, 11) is 0. The van der Waals surface area contributed by atoms with Gasteiger partial charge in [0.1, 0.15) is 34.6 Å².